The van der Waals surface area contributed by atoms with Crippen LogP contribution in [0.4, 0.5) is 0 Å². The summed E-state index contributed by atoms with van der Waals surface area (Å²) in [5, 5.41) is 9.95. The lowest BCUT2D eigenvalue weighted by Gasteiger charge is -2.21. The predicted octanol–water partition coefficient (Wildman–Crippen LogP) is 1.44. The Morgan fingerprint density at radius 3 is 2.57 bits per heavy atom. The zero-order valence-electron chi connectivity index (χ0n) is 9.40. The average molecular weight is 202 g/mol. The summed E-state index contributed by atoms with van der Waals surface area (Å²) in [6, 6.07) is 0. The Bertz CT molecular complexity index is 161. The van der Waals surface area contributed by atoms with Crippen molar-refractivity contribution in [3.8, 4) is 0 Å². The van der Waals surface area contributed by atoms with E-state index in [1.165, 1.54) is 0 Å². The zero-order chi connectivity index (χ0) is 10.6. The van der Waals surface area contributed by atoms with Crippen molar-refractivity contribution in [2.24, 2.45) is 11.8 Å². The molecule has 4 atom stereocenters. The maximum atomic E-state index is 9.95. The Morgan fingerprint density at radius 2 is 2.07 bits per heavy atom. The Balaban J connectivity index is 2.36. The van der Waals surface area contributed by atoms with Crippen molar-refractivity contribution in [3.05, 3.63) is 0 Å². The molecule has 0 radical (unpaired) electrons. The summed E-state index contributed by atoms with van der Waals surface area (Å²) in [5.74, 6) is 0.879. The van der Waals surface area contributed by atoms with Crippen LogP contribution < -0.4 is 0 Å². The Labute approximate surface area is 86.4 Å². The molecule has 1 aliphatic rings. The minimum absolute atomic E-state index is 0.00935. The molecule has 1 fully saturated rings. The van der Waals surface area contributed by atoms with Crippen LogP contribution in [0, 0.1) is 11.8 Å². The van der Waals surface area contributed by atoms with Crippen molar-refractivity contribution in [3.63, 3.8) is 0 Å². The number of rotatable bonds is 5. The predicted molar refractivity (Wildman–Crippen MR) is 55.2 cm³/mol. The number of aliphatic hydroxyl groups is 1. The van der Waals surface area contributed by atoms with Gasteiger partial charge in [-0.25, -0.2) is 0 Å². The van der Waals surface area contributed by atoms with Crippen molar-refractivity contribution in [2.75, 3.05) is 20.3 Å². The first kappa shape index (κ1) is 12.0. The van der Waals surface area contributed by atoms with Crippen LogP contribution in [-0.4, -0.2) is 37.6 Å². The van der Waals surface area contributed by atoms with Crippen molar-refractivity contribution >= 4 is 0 Å². The number of hydrogen-bond donors (Lipinski definition) is 1. The molecule has 0 aromatic rings. The van der Waals surface area contributed by atoms with E-state index in [9.17, 15) is 5.11 Å². The van der Waals surface area contributed by atoms with Gasteiger partial charge in [-0.1, -0.05) is 20.3 Å². The molecular formula is C11H22O3. The van der Waals surface area contributed by atoms with Crippen LogP contribution in [0.2, 0.25) is 0 Å². The second-order valence-corrected chi connectivity index (χ2v) is 4.20. The van der Waals surface area contributed by atoms with E-state index in [-0.39, 0.29) is 12.2 Å². The Kier molecular flexibility index (Phi) is 4.85. The standard InChI is InChI=1S/C11H22O3/c1-4-9-7-8(2)11(10(9)12)14-6-5-13-3/h8-12H,4-7H2,1-3H3. The van der Waals surface area contributed by atoms with Gasteiger partial charge in [-0.05, 0) is 18.3 Å². The van der Waals surface area contributed by atoms with Gasteiger partial charge in [0.2, 0.25) is 0 Å². The molecule has 1 rings (SSSR count). The van der Waals surface area contributed by atoms with Crippen LogP contribution in [-0.2, 0) is 9.47 Å². The second-order valence-electron chi connectivity index (χ2n) is 4.20. The molecule has 0 spiro atoms. The van der Waals surface area contributed by atoms with Crippen LogP contribution in [0.25, 0.3) is 0 Å². The van der Waals surface area contributed by atoms with Crippen molar-refractivity contribution in [1.29, 1.82) is 0 Å². The Hall–Kier alpha value is -0.120. The van der Waals surface area contributed by atoms with Crippen molar-refractivity contribution < 1.29 is 14.6 Å². The second kappa shape index (κ2) is 5.69. The van der Waals surface area contributed by atoms with E-state index in [0.29, 0.717) is 25.0 Å². The van der Waals surface area contributed by atoms with E-state index in [1.807, 2.05) is 0 Å². The minimum Gasteiger partial charge on any atom is -0.390 e. The summed E-state index contributed by atoms with van der Waals surface area (Å²) in [6.45, 7) is 5.46. The lowest BCUT2D eigenvalue weighted by molar-refractivity contribution is -0.0602. The third-order valence-electron chi connectivity index (χ3n) is 3.18. The van der Waals surface area contributed by atoms with Gasteiger partial charge in [-0.2, -0.15) is 0 Å². The fraction of sp³-hybridized carbons (Fsp3) is 1.00. The maximum Gasteiger partial charge on any atom is 0.0863 e. The minimum atomic E-state index is -0.285. The van der Waals surface area contributed by atoms with Gasteiger partial charge in [0, 0.05) is 7.11 Å². The molecule has 0 saturated heterocycles. The summed E-state index contributed by atoms with van der Waals surface area (Å²) in [5.41, 5.74) is 0. The van der Waals surface area contributed by atoms with Gasteiger partial charge >= 0.3 is 0 Å². The van der Waals surface area contributed by atoms with Gasteiger partial charge in [0.1, 0.15) is 0 Å². The largest absolute Gasteiger partial charge is 0.390 e. The molecule has 0 aliphatic heterocycles. The SMILES string of the molecule is CCC1CC(C)C(OCCOC)C1O. The highest BCUT2D eigenvalue weighted by Gasteiger charge is 2.39. The number of ether oxygens (including phenoxy) is 2. The van der Waals surface area contributed by atoms with Gasteiger partial charge in [0.05, 0.1) is 25.4 Å². The van der Waals surface area contributed by atoms with Gasteiger partial charge < -0.3 is 14.6 Å². The third-order valence-corrected chi connectivity index (χ3v) is 3.18. The first-order valence-electron chi connectivity index (χ1n) is 5.49. The van der Waals surface area contributed by atoms with E-state index in [4.69, 9.17) is 9.47 Å². The summed E-state index contributed by atoms with van der Waals surface area (Å²) < 4.78 is 10.5. The fourth-order valence-electron chi connectivity index (χ4n) is 2.29. The van der Waals surface area contributed by atoms with Crippen molar-refractivity contribution in [2.45, 2.75) is 38.9 Å². The van der Waals surface area contributed by atoms with Crippen LogP contribution in [0.1, 0.15) is 26.7 Å². The smallest absolute Gasteiger partial charge is 0.0863 e. The normalized spacial score (nSPS) is 37.7. The van der Waals surface area contributed by atoms with E-state index in [0.717, 1.165) is 12.8 Å². The highest BCUT2D eigenvalue weighted by molar-refractivity contribution is 4.89. The van der Waals surface area contributed by atoms with E-state index in [2.05, 4.69) is 13.8 Å². The molecule has 4 unspecified atom stereocenters. The molecular weight excluding hydrogens is 180 g/mol. The molecule has 1 aliphatic carbocycles. The molecule has 14 heavy (non-hydrogen) atoms. The highest BCUT2D eigenvalue weighted by atomic mass is 16.5. The van der Waals surface area contributed by atoms with E-state index < -0.39 is 0 Å². The maximum absolute atomic E-state index is 9.95. The number of methoxy groups -OCH3 is 1. The van der Waals surface area contributed by atoms with E-state index >= 15 is 0 Å². The van der Waals surface area contributed by atoms with E-state index in [1.54, 1.807) is 7.11 Å². The summed E-state index contributed by atoms with van der Waals surface area (Å²) in [6.07, 6.45) is 1.84. The summed E-state index contributed by atoms with van der Waals surface area (Å²) >= 11 is 0. The molecule has 0 aromatic heterocycles. The highest BCUT2D eigenvalue weighted by Crippen LogP contribution is 2.35. The molecule has 0 bridgehead atoms. The van der Waals surface area contributed by atoms with Gasteiger partial charge in [-0.3, -0.25) is 0 Å². The fourth-order valence-corrected chi connectivity index (χ4v) is 2.29. The topological polar surface area (TPSA) is 38.7 Å². The molecule has 1 saturated carbocycles. The molecule has 1 N–H and O–H groups in total. The average Bonchev–Trinajstić information content (AvgIpc) is 2.45. The van der Waals surface area contributed by atoms with Crippen LogP contribution in [0.15, 0.2) is 0 Å². The van der Waals surface area contributed by atoms with Gasteiger partial charge in [0.25, 0.3) is 0 Å². The summed E-state index contributed by atoms with van der Waals surface area (Å²) in [4.78, 5) is 0. The Morgan fingerprint density at radius 1 is 1.36 bits per heavy atom. The zero-order valence-corrected chi connectivity index (χ0v) is 9.40. The number of aliphatic hydroxyl groups excluding tert-OH is 1. The lowest BCUT2D eigenvalue weighted by atomic mass is 10.0. The molecule has 0 amide bonds. The lowest BCUT2D eigenvalue weighted by Crippen LogP contribution is -2.31. The molecule has 84 valence electrons. The molecule has 0 aromatic carbocycles. The van der Waals surface area contributed by atoms with Crippen LogP contribution in [0.3, 0.4) is 0 Å². The first-order chi connectivity index (χ1) is 6.70. The van der Waals surface area contributed by atoms with Gasteiger partial charge in [-0.15, -0.1) is 0 Å². The number of hydrogen-bond acceptors (Lipinski definition) is 3. The molecule has 3 nitrogen and oxygen atoms in total. The third kappa shape index (κ3) is 2.69. The van der Waals surface area contributed by atoms with Crippen LogP contribution >= 0.6 is 0 Å². The quantitative estimate of drug-likeness (QED) is 0.686. The first-order valence-corrected chi connectivity index (χ1v) is 5.49. The molecule has 0 heterocycles. The monoisotopic (exact) mass is 202 g/mol. The van der Waals surface area contributed by atoms with Crippen molar-refractivity contribution in [1.82, 2.24) is 0 Å². The molecule has 3 heteroatoms. The summed E-state index contributed by atoms with van der Waals surface area (Å²) in [7, 11) is 1.66. The van der Waals surface area contributed by atoms with Gasteiger partial charge in [0.15, 0.2) is 0 Å². The van der Waals surface area contributed by atoms with Crippen LogP contribution in [0.5, 0.6) is 0 Å².